The lowest BCUT2D eigenvalue weighted by Gasteiger charge is -2.12. The van der Waals surface area contributed by atoms with E-state index in [-0.39, 0.29) is 17.2 Å². The zero-order chi connectivity index (χ0) is 18.8. The molecule has 8 heteroatoms. The fourth-order valence-corrected chi connectivity index (χ4v) is 3.11. The van der Waals surface area contributed by atoms with Crippen molar-refractivity contribution in [2.24, 2.45) is 5.18 Å². The molecule has 26 heavy (non-hydrogen) atoms. The average molecular weight is 370 g/mol. The summed E-state index contributed by atoms with van der Waals surface area (Å²) in [6.45, 7) is 3.85. The number of aryl methyl sites for hydroxylation is 2. The van der Waals surface area contributed by atoms with Crippen LogP contribution in [0.2, 0.25) is 0 Å². The molecule has 0 saturated heterocycles. The summed E-state index contributed by atoms with van der Waals surface area (Å²) in [5, 5.41) is 30.4. The maximum Gasteiger partial charge on any atom is 0.200 e. The molecule has 0 aliphatic rings. The lowest BCUT2D eigenvalue weighted by Crippen LogP contribution is -1.99. The predicted octanol–water partition coefficient (Wildman–Crippen LogP) is 4.53. The van der Waals surface area contributed by atoms with Gasteiger partial charge in [0, 0.05) is 12.1 Å². The van der Waals surface area contributed by atoms with Crippen LogP contribution in [0.1, 0.15) is 25.0 Å². The molecule has 0 atom stereocenters. The molecule has 3 rings (SSSR count). The van der Waals surface area contributed by atoms with E-state index in [1.807, 2.05) is 26.0 Å². The number of aromatic amines is 1. The Bertz CT molecular complexity index is 1040. The highest BCUT2D eigenvalue weighted by atomic mass is 32.1. The Morgan fingerprint density at radius 1 is 1.12 bits per heavy atom. The largest absolute Gasteiger partial charge is 0.508 e. The predicted molar refractivity (Wildman–Crippen MR) is 102 cm³/mol. The smallest absolute Gasteiger partial charge is 0.200 e. The summed E-state index contributed by atoms with van der Waals surface area (Å²) in [6, 6.07) is 8.24. The number of aromatic nitrogens is 3. The number of hydrogen-bond acceptors (Lipinski definition) is 6. The molecule has 7 nitrogen and oxygen atoms in total. The van der Waals surface area contributed by atoms with Crippen LogP contribution in [0.3, 0.4) is 0 Å². The van der Waals surface area contributed by atoms with Crippen LogP contribution in [0.25, 0.3) is 17.1 Å². The van der Waals surface area contributed by atoms with E-state index in [0.717, 1.165) is 5.56 Å². The molecule has 3 N–H and O–H groups in total. The highest BCUT2D eigenvalue weighted by molar-refractivity contribution is 7.71. The van der Waals surface area contributed by atoms with Gasteiger partial charge in [-0.3, -0.25) is 9.67 Å². The van der Waals surface area contributed by atoms with Crippen molar-refractivity contribution in [3.63, 3.8) is 0 Å². The van der Waals surface area contributed by atoms with Crippen LogP contribution in [-0.2, 0) is 12.8 Å². The van der Waals surface area contributed by atoms with E-state index in [9.17, 15) is 15.1 Å². The van der Waals surface area contributed by atoms with Gasteiger partial charge in [0.15, 0.2) is 10.6 Å². The topological polar surface area (TPSA) is 104 Å². The van der Waals surface area contributed by atoms with Crippen molar-refractivity contribution in [2.45, 2.75) is 26.7 Å². The van der Waals surface area contributed by atoms with E-state index in [1.165, 1.54) is 6.07 Å². The van der Waals surface area contributed by atoms with Crippen molar-refractivity contribution >= 4 is 17.9 Å². The molecule has 0 unspecified atom stereocenters. The second kappa shape index (κ2) is 7.09. The van der Waals surface area contributed by atoms with Gasteiger partial charge in [0.05, 0.1) is 11.3 Å². The Morgan fingerprint density at radius 3 is 2.46 bits per heavy atom. The molecule has 0 aliphatic heterocycles. The monoisotopic (exact) mass is 370 g/mol. The molecule has 3 aromatic rings. The van der Waals surface area contributed by atoms with Gasteiger partial charge in [-0.1, -0.05) is 19.9 Å². The summed E-state index contributed by atoms with van der Waals surface area (Å²) in [7, 11) is 0. The molecule has 0 saturated carbocycles. The van der Waals surface area contributed by atoms with Crippen LogP contribution < -0.4 is 0 Å². The Labute approximate surface area is 154 Å². The number of nitroso groups, excluding NO2 is 1. The van der Waals surface area contributed by atoms with Crippen molar-refractivity contribution in [1.29, 1.82) is 0 Å². The molecule has 0 fully saturated rings. The normalized spacial score (nSPS) is 10.8. The summed E-state index contributed by atoms with van der Waals surface area (Å²) in [5.41, 5.74) is 2.74. The molecule has 0 spiro atoms. The standard InChI is InChI=1S/C18H18N4O3S/c1-3-10-5-6-12(8-15(10)23)22-17(19-20-18(22)26)13-7-11(4-2)14(21-25)9-16(13)24/h5-9,23-24H,3-4H2,1-2H3,(H,20,26). The third-order valence-corrected chi connectivity index (χ3v) is 4.57. The van der Waals surface area contributed by atoms with Crippen molar-refractivity contribution in [3.8, 4) is 28.6 Å². The average Bonchev–Trinajstić information content (AvgIpc) is 3.02. The first kappa shape index (κ1) is 17.8. The number of nitrogens with one attached hydrogen (secondary N) is 1. The Morgan fingerprint density at radius 2 is 1.85 bits per heavy atom. The number of phenolic OH excluding ortho intramolecular Hbond substituents is 2. The molecule has 0 amide bonds. The fraction of sp³-hybridized carbons (Fsp3) is 0.222. The van der Waals surface area contributed by atoms with Gasteiger partial charge in [-0.05, 0) is 53.5 Å². The van der Waals surface area contributed by atoms with E-state index < -0.39 is 0 Å². The van der Waals surface area contributed by atoms with Crippen LogP contribution in [0.15, 0.2) is 35.5 Å². The molecular weight excluding hydrogens is 352 g/mol. The maximum atomic E-state index is 10.9. The SMILES string of the molecule is CCc1ccc(-n2c(-c3cc(CC)c(N=O)cc3O)n[nH]c2=S)cc1O. The van der Waals surface area contributed by atoms with E-state index in [0.29, 0.717) is 40.3 Å². The van der Waals surface area contributed by atoms with Crippen molar-refractivity contribution in [2.75, 3.05) is 0 Å². The zero-order valence-electron chi connectivity index (χ0n) is 14.4. The van der Waals surface area contributed by atoms with Gasteiger partial charge < -0.3 is 10.2 Å². The molecule has 0 bridgehead atoms. The van der Waals surface area contributed by atoms with Crippen molar-refractivity contribution < 1.29 is 10.2 Å². The molecule has 134 valence electrons. The highest BCUT2D eigenvalue weighted by Gasteiger charge is 2.18. The molecule has 0 aliphatic carbocycles. The van der Waals surface area contributed by atoms with Gasteiger partial charge in [0.2, 0.25) is 0 Å². The number of hydrogen-bond donors (Lipinski definition) is 3. The summed E-state index contributed by atoms with van der Waals surface area (Å²) in [5.74, 6) is 0.419. The first-order valence-corrected chi connectivity index (χ1v) is 8.60. The van der Waals surface area contributed by atoms with Gasteiger partial charge in [-0.25, -0.2) is 0 Å². The van der Waals surface area contributed by atoms with E-state index in [4.69, 9.17) is 12.2 Å². The Kier molecular flexibility index (Phi) is 4.85. The van der Waals surface area contributed by atoms with Gasteiger partial charge >= 0.3 is 0 Å². The quantitative estimate of drug-likeness (QED) is 0.452. The molecular formula is C18H18N4O3S. The first-order chi connectivity index (χ1) is 12.5. The van der Waals surface area contributed by atoms with Gasteiger partial charge in [-0.2, -0.15) is 5.10 Å². The summed E-state index contributed by atoms with van der Waals surface area (Å²) in [6.07, 6.45) is 1.28. The first-order valence-electron chi connectivity index (χ1n) is 8.19. The van der Waals surface area contributed by atoms with Gasteiger partial charge in [0.25, 0.3) is 0 Å². The summed E-state index contributed by atoms with van der Waals surface area (Å²) < 4.78 is 1.94. The number of aromatic hydroxyl groups is 2. The Balaban J connectivity index is 2.22. The highest BCUT2D eigenvalue weighted by Crippen LogP contribution is 2.36. The number of H-pyrrole nitrogens is 1. The molecule has 2 aromatic carbocycles. The van der Waals surface area contributed by atoms with Crippen LogP contribution >= 0.6 is 12.2 Å². The second-order valence-corrected chi connectivity index (χ2v) is 6.18. The van der Waals surface area contributed by atoms with Crippen molar-refractivity contribution in [1.82, 2.24) is 14.8 Å². The summed E-state index contributed by atoms with van der Waals surface area (Å²) in [4.78, 5) is 10.9. The van der Waals surface area contributed by atoms with E-state index in [1.54, 1.807) is 16.7 Å². The lowest BCUT2D eigenvalue weighted by atomic mass is 10.0. The fourth-order valence-electron chi connectivity index (χ4n) is 2.88. The third-order valence-electron chi connectivity index (χ3n) is 4.30. The van der Waals surface area contributed by atoms with Crippen LogP contribution in [-0.4, -0.2) is 25.0 Å². The zero-order valence-corrected chi connectivity index (χ0v) is 15.2. The molecule has 1 heterocycles. The van der Waals surface area contributed by atoms with Gasteiger partial charge in [-0.15, -0.1) is 4.91 Å². The Hall–Kier alpha value is -3.00. The lowest BCUT2D eigenvalue weighted by molar-refractivity contribution is 0.468. The van der Waals surface area contributed by atoms with E-state index >= 15 is 0 Å². The second-order valence-electron chi connectivity index (χ2n) is 5.80. The van der Waals surface area contributed by atoms with E-state index in [2.05, 4.69) is 15.4 Å². The van der Waals surface area contributed by atoms with Crippen LogP contribution in [0.4, 0.5) is 5.69 Å². The van der Waals surface area contributed by atoms with Crippen LogP contribution in [0, 0.1) is 9.68 Å². The van der Waals surface area contributed by atoms with Crippen molar-refractivity contribution in [3.05, 3.63) is 51.1 Å². The minimum Gasteiger partial charge on any atom is -0.508 e. The number of benzene rings is 2. The minimum absolute atomic E-state index is 0.124. The number of nitrogens with zero attached hydrogens (tertiary/aromatic N) is 3. The molecule has 1 aromatic heterocycles. The number of rotatable bonds is 5. The van der Waals surface area contributed by atoms with Gasteiger partial charge in [0.1, 0.15) is 17.2 Å². The maximum absolute atomic E-state index is 10.9. The third kappa shape index (κ3) is 2.99. The minimum atomic E-state index is -0.124. The van der Waals surface area contributed by atoms with Crippen LogP contribution in [0.5, 0.6) is 11.5 Å². The number of phenols is 2. The molecule has 0 radical (unpaired) electrons. The summed E-state index contributed by atoms with van der Waals surface area (Å²) >= 11 is 5.33.